The number of hydrogen-bond donors (Lipinski definition) is 2. The number of rotatable bonds is 4. The predicted molar refractivity (Wildman–Crippen MR) is 105 cm³/mol. The molecule has 6 nitrogen and oxygen atoms in total. The van der Waals surface area contributed by atoms with E-state index in [0.29, 0.717) is 23.2 Å². The number of aromatic nitrogens is 4. The summed E-state index contributed by atoms with van der Waals surface area (Å²) in [5.74, 6) is 1.40. The van der Waals surface area contributed by atoms with Crippen LogP contribution in [-0.4, -0.2) is 39.3 Å². The molecule has 4 heterocycles. The predicted octanol–water partition coefficient (Wildman–Crippen LogP) is 3.36. The van der Waals surface area contributed by atoms with Crippen LogP contribution < -0.4 is 10.6 Å². The second-order valence-electron chi connectivity index (χ2n) is 7.76. The first-order chi connectivity index (χ1) is 13.0. The van der Waals surface area contributed by atoms with Crippen LogP contribution in [0.3, 0.4) is 0 Å². The SMILES string of the molecule is CC(C)C[C@@H]1CN(c2ccc(F)c(-c3n[nH]c4ncccc34)n2)CC[C@@H]1N. The molecule has 1 aliphatic rings. The van der Waals surface area contributed by atoms with E-state index in [1.807, 2.05) is 12.1 Å². The molecule has 3 aromatic rings. The third-order valence-electron chi connectivity index (χ3n) is 5.28. The van der Waals surface area contributed by atoms with Crippen LogP contribution >= 0.6 is 0 Å². The molecule has 0 aliphatic carbocycles. The Morgan fingerprint density at radius 2 is 2.15 bits per heavy atom. The molecular formula is C20H25FN6. The quantitative estimate of drug-likeness (QED) is 0.738. The lowest BCUT2D eigenvalue weighted by Gasteiger charge is -2.38. The highest BCUT2D eigenvalue weighted by Crippen LogP contribution is 2.30. The van der Waals surface area contributed by atoms with Crippen molar-refractivity contribution in [2.75, 3.05) is 18.0 Å². The molecule has 1 saturated heterocycles. The molecule has 142 valence electrons. The highest BCUT2D eigenvalue weighted by Gasteiger charge is 2.28. The van der Waals surface area contributed by atoms with E-state index in [2.05, 4.69) is 38.9 Å². The topological polar surface area (TPSA) is 83.7 Å². The maximum atomic E-state index is 14.6. The van der Waals surface area contributed by atoms with E-state index < -0.39 is 0 Å². The fourth-order valence-electron chi connectivity index (χ4n) is 3.92. The molecule has 1 aliphatic heterocycles. The summed E-state index contributed by atoms with van der Waals surface area (Å²) in [5, 5.41) is 7.86. The molecule has 3 aromatic heterocycles. The molecule has 0 spiro atoms. The van der Waals surface area contributed by atoms with Crippen molar-refractivity contribution in [3.63, 3.8) is 0 Å². The number of nitrogens with one attached hydrogen (secondary N) is 1. The molecule has 0 aromatic carbocycles. The van der Waals surface area contributed by atoms with E-state index in [9.17, 15) is 4.39 Å². The monoisotopic (exact) mass is 368 g/mol. The summed E-state index contributed by atoms with van der Waals surface area (Å²) >= 11 is 0. The highest BCUT2D eigenvalue weighted by atomic mass is 19.1. The average molecular weight is 368 g/mol. The molecule has 7 heteroatoms. The molecule has 0 amide bonds. The number of H-pyrrole nitrogens is 1. The van der Waals surface area contributed by atoms with Crippen molar-refractivity contribution in [3.8, 4) is 11.4 Å². The van der Waals surface area contributed by atoms with Gasteiger partial charge in [-0.25, -0.2) is 14.4 Å². The Kier molecular flexibility index (Phi) is 4.78. The molecule has 1 fully saturated rings. The Hall–Kier alpha value is -2.54. The number of fused-ring (bicyclic) bond motifs is 1. The van der Waals surface area contributed by atoms with Gasteiger partial charge in [0.25, 0.3) is 0 Å². The Bertz CT molecular complexity index is 937. The van der Waals surface area contributed by atoms with Gasteiger partial charge >= 0.3 is 0 Å². The standard InChI is InChI=1S/C20H25FN6/c1-12(2)10-13-11-27(9-7-16(13)22)17-6-5-15(21)19(24-17)18-14-4-3-8-23-20(14)26-25-18/h3-6,8,12-13,16H,7,9-11,22H2,1-2H3,(H,23,25,26)/t13-,16+/m1/s1. The second kappa shape index (κ2) is 7.23. The molecule has 0 unspecified atom stereocenters. The Balaban J connectivity index is 1.66. The number of piperidine rings is 1. The van der Waals surface area contributed by atoms with Gasteiger partial charge in [0.1, 0.15) is 17.2 Å². The zero-order valence-corrected chi connectivity index (χ0v) is 15.7. The Morgan fingerprint density at radius 1 is 1.30 bits per heavy atom. The summed E-state index contributed by atoms with van der Waals surface area (Å²) in [7, 11) is 0. The van der Waals surface area contributed by atoms with E-state index in [4.69, 9.17) is 5.73 Å². The van der Waals surface area contributed by atoms with Crippen LogP contribution in [0.1, 0.15) is 26.7 Å². The first-order valence-electron chi connectivity index (χ1n) is 9.49. The van der Waals surface area contributed by atoms with Gasteiger partial charge in [-0.2, -0.15) is 5.10 Å². The zero-order chi connectivity index (χ0) is 19.0. The van der Waals surface area contributed by atoms with Gasteiger partial charge in [0.05, 0.1) is 0 Å². The number of aromatic amines is 1. The second-order valence-corrected chi connectivity index (χ2v) is 7.76. The lowest BCUT2D eigenvalue weighted by atomic mass is 9.86. The summed E-state index contributed by atoms with van der Waals surface area (Å²) in [4.78, 5) is 11.1. The van der Waals surface area contributed by atoms with Crippen LogP contribution in [0.2, 0.25) is 0 Å². The smallest absolute Gasteiger partial charge is 0.155 e. The van der Waals surface area contributed by atoms with Crippen molar-refractivity contribution >= 4 is 16.9 Å². The van der Waals surface area contributed by atoms with Crippen molar-refractivity contribution in [2.24, 2.45) is 17.6 Å². The zero-order valence-electron chi connectivity index (χ0n) is 15.7. The summed E-state index contributed by atoms with van der Waals surface area (Å²) in [6, 6.07) is 7.11. The molecule has 0 bridgehead atoms. The Morgan fingerprint density at radius 3 is 2.96 bits per heavy atom. The fourth-order valence-corrected chi connectivity index (χ4v) is 3.92. The van der Waals surface area contributed by atoms with Crippen molar-refractivity contribution in [2.45, 2.75) is 32.7 Å². The molecule has 27 heavy (non-hydrogen) atoms. The lowest BCUT2D eigenvalue weighted by molar-refractivity contribution is 0.303. The molecule has 2 atom stereocenters. The number of nitrogens with two attached hydrogens (primary N) is 1. The van der Waals surface area contributed by atoms with Crippen LogP contribution in [0.25, 0.3) is 22.4 Å². The third kappa shape index (κ3) is 3.51. The van der Waals surface area contributed by atoms with Crippen molar-refractivity contribution < 1.29 is 4.39 Å². The van der Waals surface area contributed by atoms with E-state index >= 15 is 0 Å². The van der Waals surface area contributed by atoms with Crippen molar-refractivity contribution in [3.05, 3.63) is 36.3 Å². The number of anilines is 1. The minimum atomic E-state index is -0.386. The molecule has 4 rings (SSSR count). The van der Waals surface area contributed by atoms with E-state index in [1.165, 1.54) is 6.07 Å². The van der Waals surface area contributed by atoms with Crippen molar-refractivity contribution in [1.82, 2.24) is 20.2 Å². The number of pyridine rings is 2. The fraction of sp³-hybridized carbons (Fsp3) is 0.450. The molecule has 3 N–H and O–H groups in total. The molecule has 0 saturated carbocycles. The van der Waals surface area contributed by atoms with E-state index in [1.54, 1.807) is 12.3 Å². The van der Waals surface area contributed by atoms with Gasteiger partial charge in [-0.05, 0) is 48.9 Å². The minimum Gasteiger partial charge on any atom is -0.356 e. The van der Waals surface area contributed by atoms with Crippen LogP contribution in [0, 0.1) is 17.7 Å². The van der Waals surface area contributed by atoms with Gasteiger partial charge in [0.2, 0.25) is 0 Å². The Labute approximate surface area is 158 Å². The van der Waals surface area contributed by atoms with Gasteiger partial charge in [0, 0.05) is 30.7 Å². The lowest BCUT2D eigenvalue weighted by Crippen LogP contribution is -2.47. The van der Waals surface area contributed by atoms with Gasteiger partial charge in [-0.15, -0.1) is 0 Å². The third-order valence-corrected chi connectivity index (χ3v) is 5.28. The summed E-state index contributed by atoms with van der Waals surface area (Å²) in [6.45, 7) is 6.12. The van der Waals surface area contributed by atoms with Gasteiger partial charge in [-0.1, -0.05) is 13.8 Å². The van der Waals surface area contributed by atoms with Crippen molar-refractivity contribution in [1.29, 1.82) is 0 Å². The number of halogens is 1. The first kappa shape index (κ1) is 17.9. The molecule has 0 radical (unpaired) electrons. The number of hydrogen-bond acceptors (Lipinski definition) is 5. The normalized spacial score (nSPS) is 20.6. The maximum absolute atomic E-state index is 14.6. The summed E-state index contributed by atoms with van der Waals surface area (Å²) in [5.41, 5.74) is 7.70. The van der Waals surface area contributed by atoms with E-state index in [-0.39, 0.29) is 17.6 Å². The van der Waals surface area contributed by atoms with Crippen LogP contribution in [0.5, 0.6) is 0 Å². The van der Waals surface area contributed by atoms with Gasteiger partial charge < -0.3 is 10.6 Å². The minimum absolute atomic E-state index is 0.213. The maximum Gasteiger partial charge on any atom is 0.155 e. The van der Waals surface area contributed by atoms with Crippen LogP contribution in [0.15, 0.2) is 30.5 Å². The largest absolute Gasteiger partial charge is 0.356 e. The summed E-state index contributed by atoms with van der Waals surface area (Å²) in [6.07, 6.45) is 3.68. The average Bonchev–Trinajstić information content (AvgIpc) is 3.08. The van der Waals surface area contributed by atoms with Gasteiger partial charge in [0.15, 0.2) is 11.5 Å². The van der Waals surface area contributed by atoms with Crippen LogP contribution in [0.4, 0.5) is 10.2 Å². The summed E-state index contributed by atoms with van der Waals surface area (Å²) < 4.78 is 14.6. The number of nitrogens with zero attached hydrogens (tertiary/aromatic N) is 4. The van der Waals surface area contributed by atoms with Gasteiger partial charge in [-0.3, -0.25) is 5.10 Å². The highest BCUT2D eigenvalue weighted by molar-refractivity contribution is 5.89. The van der Waals surface area contributed by atoms with Crippen LogP contribution in [-0.2, 0) is 0 Å². The molecular weight excluding hydrogens is 343 g/mol. The van der Waals surface area contributed by atoms with E-state index in [0.717, 1.165) is 37.1 Å². The first-order valence-corrected chi connectivity index (χ1v) is 9.49.